The minimum absolute atomic E-state index is 0.298. The van der Waals surface area contributed by atoms with Crippen molar-refractivity contribution in [2.75, 3.05) is 0 Å². The summed E-state index contributed by atoms with van der Waals surface area (Å²) < 4.78 is 113. The molecular formula is C11H7F9S. The number of thioether (sulfide) groups is 1. The highest BCUT2D eigenvalue weighted by molar-refractivity contribution is 8.00. The van der Waals surface area contributed by atoms with Crippen LogP contribution in [-0.4, -0.2) is 5.51 Å². The quantitative estimate of drug-likeness (QED) is 0.476. The summed E-state index contributed by atoms with van der Waals surface area (Å²) in [7, 11) is 0. The zero-order valence-corrected chi connectivity index (χ0v) is 11.0. The highest BCUT2D eigenvalue weighted by Crippen LogP contribution is 2.47. The molecule has 0 unspecified atom stereocenters. The molecule has 0 saturated heterocycles. The Labute approximate surface area is 117 Å². The molecule has 120 valence electrons. The summed E-state index contributed by atoms with van der Waals surface area (Å²) in [5.41, 5.74) is -9.25. The zero-order chi connectivity index (χ0) is 16.6. The Bertz CT molecular complexity index is 510. The van der Waals surface area contributed by atoms with Crippen LogP contribution in [0.15, 0.2) is 17.0 Å². The van der Waals surface area contributed by atoms with Gasteiger partial charge >= 0.3 is 17.9 Å². The molecule has 0 aliphatic carbocycles. The predicted octanol–water partition coefficient (Wildman–Crippen LogP) is 5.90. The first-order valence-corrected chi connectivity index (χ1v) is 6.14. The molecule has 0 aromatic heterocycles. The molecule has 0 fully saturated rings. The molecule has 0 nitrogen and oxygen atoms in total. The van der Waals surface area contributed by atoms with Crippen molar-refractivity contribution in [3.63, 3.8) is 0 Å². The van der Waals surface area contributed by atoms with E-state index < -0.39 is 57.6 Å². The SMILES string of the molecule is CCc1cc(C(F)(F)F)cc(C(F)(F)F)c1SC(F)(F)F. The van der Waals surface area contributed by atoms with Crippen molar-refractivity contribution in [1.29, 1.82) is 0 Å². The van der Waals surface area contributed by atoms with Gasteiger partial charge in [-0.3, -0.25) is 0 Å². The Morgan fingerprint density at radius 3 is 1.71 bits per heavy atom. The van der Waals surface area contributed by atoms with Crippen LogP contribution in [0.2, 0.25) is 0 Å². The molecule has 0 radical (unpaired) electrons. The molecular weight excluding hydrogens is 335 g/mol. The Morgan fingerprint density at radius 1 is 0.857 bits per heavy atom. The number of hydrogen-bond acceptors (Lipinski definition) is 1. The fourth-order valence-corrected chi connectivity index (χ4v) is 2.41. The topological polar surface area (TPSA) is 0 Å². The largest absolute Gasteiger partial charge is 0.446 e. The van der Waals surface area contributed by atoms with E-state index in [-0.39, 0.29) is 6.07 Å². The van der Waals surface area contributed by atoms with E-state index in [9.17, 15) is 39.5 Å². The van der Waals surface area contributed by atoms with Gasteiger partial charge in [-0.1, -0.05) is 6.92 Å². The third-order valence-corrected chi connectivity index (χ3v) is 3.31. The summed E-state index contributed by atoms with van der Waals surface area (Å²) in [6, 6.07) is 0.0105. The molecule has 1 aromatic rings. The van der Waals surface area contributed by atoms with Gasteiger partial charge in [0.05, 0.1) is 11.1 Å². The van der Waals surface area contributed by atoms with Crippen LogP contribution in [0.25, 0.3) is 0 Å². The lowest BCUT2D eigenvalue weighted by Crippen LogP contribution is -2.15. The lowest BCUT2D eigenvalue weighted by atomic mass is 10.0. The fraction of sp³-hybridized carbons (Fsp3) is 0.455. The van der Waals surface area contributed by atoms with Gasteiger partial charge in [0.25, 0.3) is 0 Å². The third kappa shape index (κ3) is 4.72. The maximum Gasteiger partial charge on any atom is 0.446 e. The molecule has 0 bridgehead atoms. The number of alkyl halides is 9. The van der Waals surface area contributed by atoms with E-state index in [1.54, 1.807) is 0 Å². The lowest BCUT2D eigenvalue weighted by molar-refractivity contribution is -0.144. The van der Waals surface area contributed by atoms with E-state index in [0.717, 1.165) is 0 Å². The predicted molar refractivity (Wildman–Crippen MR) is 57.7 cm³/mol. The van der Waals surface area contributed by atoms with Crippen LogP contribution < -0.4 is 0 Å². The Kier molecular flexibility index (Phi) is 4.81. The molecule has 0 aliphatic rings. The highest BCUT2D eigenvalue weighted by Gasteiger charge is 2.42. The zero-order valence-electron chi connectivity index (χ0n) is 10.2. The lowest BCUT2D eigenvalue weighted by Gasteiger charge is -2.19. The van der Waals surface area contributed by atoms with Crippen molar-refractivity contribution in [2.45, 2.75) is 36.1 Å². The normalized spacial score (nSPS) is 13.6. The summed E-state index contributed by atoms with van der Waals surface area (Å²) in [4.78, 5) is -1.24. The summed E-state index contributed by atoms with van der Waals surface area (Å²) in [6.45, 7) is 1.18. The first-order chi connectivity index (χ1) is 9.25. The molecule has 1 rings (SSSR count). The summed E-state index contributed by atoms with van der Waals surface area (Å²) in [5, 5.41) is 0. The first kappa shape index (κ1) is 18.0. The molecule has 0 N–H and O–H groups in total. The number of aryl methyl sites for hydroxylation is 1. The van der Waals surface area contributed by atoms with Crippen LogP contribution in [0, 0.1) is 0 Å². The number of benzene rings is 1. The Hall–Kier alpha value is -1.06. The van der Waals surface area contributed by atoms with E-state index in [2.05, 4.69) is 0 Å². The second kappa shape index (κ2) is 5.62. The van der Waals surface area contributed by atoms with Crippen LogP contribution >= 0.6 is 11.8 Å². The van der Waals surface area contributed by atoms with Crippen molar-refractivity contribution in [2.24, 2.45) is 0 Å². The molecule has 0 amide bonds. The van der Waals surface area contributed by atoms with Gasteiger partial charge < -0.3 is 0 Å². The van der Waals surface area contributed by atoms with Crippen LogP contribution in [0.1, 0.15) is 23.6 Å². The molecule has 10 heteroatoms. The Balaban J connectivity index is 3.61. The van der Waals surface area contributed by atoms with Crippen LogP contribution in [-0.2, 0) is 18.8 Å². The molecule has 0 saturated carbocycles. The van der Waals surface area contributed by atoms with Gasteiger partial charge in [-0.05, 0) is 35.9 Å². The summed E-state index contributed by atoms with van der Waals surface area (Å²) in [6.07, 6.45) is -10.8. The average molecular weight is 342 g/mol. The molecule has 0 heterocycles. The van der Waals surface area contributed by atoms with Crippen molar-refractivity contribution in [3.05, 3.63) is 28.8 Å². The van der Waals surface area contributed by atoms with Gasteiger partial charge in [0.15, 0.2) is 0 Å². The van der Waals surface area contributed by atoms with E-state index >= 15 is 0 Å². The van der Waals surface area contributed by atoms with Crippen molar-refractivity contribution in [1.82, 2.24) is 0 Å². The monoisotopic (exact) mass is 342 g/mol. The van der Waals surface area contributed by atoms with Crippen LogP contribution in [0.3, 0.4) is 0 Å². The van der Waals surface area contributed by atoms with Crippen molar-refractivity contribution < 1.29 is 39.5 Å². The number of halogens is 9. The molecule has 0 aliphatic heterocycles. The van der Waals surface area contributed by atoms with E-state index in [1.807, 2.05) is 0 Å². The minimum Gasteiger partial charge on any atom is -0.166 e. The number of rotatable bonds is 2. The van der Waals surface area contributed by atoms with E-state index in [1.165, 1.54) is 6.92 Å². The molecule has 0 spiro atoms. The van der Waals surface area contributed by atoms with E-state index in [4.69, 9.17) is 0 Å². The molecule has 21 heavy (non-hydrogen) atoms. The standard InChI is InChI=1S/C11H7F9S/c1-2-5-3-6(9(12,13)14)4-7(10(15,16)17)8(5)21-11(18,19)20/h3-4H,2H2,1H3. The third-order valence-electron chi connectivity index (χ3n) is 2.40. The number of hydrogen-bond donors (Lipinski definition) is 0. The van der Waals surface area contributed by atoms with Gasteiger partial charge in [-0.15, -0.1) is 0 Å². The highest BCUT2D eigenvalue weighted by atomic mass is 32.2. The maximum atomic E-state index is 12.8. The second-order valence-corrected chi connectivity index (χ2v) is 4.98. The van der Waals surface area contributed by atoms with Gasteiger partial charge in [-0.2, -0.15) is 39.5 Å². The molecule has 1 aromatic carbocycles. The van der Waals surface area contributed by atoms with Crippen LogP contribution in [0.5, 0.6) is 0 Å². The summed E-state index contributed by atoms with van der Waals surface area (Å²) in [5.74, 6) is 0. The van der Waals surface area contributed by atoms with Gasteiger partial charge in [-0.25, -0.2) is 0 Å². The maximum absolute atomic E-state index is 12.8. The minimum atomic E-state index is -5.32. The van der Waals surface area contributed by atoms with Gasteiger partial charge in [0.2, 0.25) is 0 Å². The van der Waals surface area contributed by atoms with Crippen molar-refractivity contribution >= 4 is 11.8 Å². The van der Waals surface area contributed by atoms with Crippen molar-refractivity contribution in [3.8, 4) is 0 Å². The van der Waals surface area contributed by atoms with Gasteiger partial charge in [0, 0.05) is 4.90 Å². The summed E-state index contributed by atoms with van der Waals surface area (Å²) >= 11 is -1.06. The van der Waals surface area contributed by atoms with Crippen LogP contribution in [0.4, 0.5) is 39.5 Å². The first-order valence-electron chi connectivity index (χ1n) is 5.32. The smallest absolute Gasteiger partial charge is 0.166 e. The molecule has 0 atom stereocenters. The Morgan fingerprint density at radius 2 is 1.38 bits per heavy atom. The van der Waals surface area contributed by atoms with E-state index in [0.29, 0.717) is 6.07 Å². The fourth-order valence-electron chi connectivity index (χ4n) is 1.56. The second-order valence-electron chi connectivity index (χ2n) is 3.91. The average Bonchev–Trinajstić information content (AvgIpc) is 2.23. The van der Waals surface area contributed by atoms with Gasteiger partial charge in [0.1, 0.15) is 0 Å².